The number of amides is 2. The van der Waals surface area contributed by atoms with Crippen molar-refractivity contribution in [2.75, 3.05) is 40.7 Å². The summed E-state index contributed by atoms with van der Waals surface area (Å²) < 4.78 is 13.6. The number of aryl methyl sites for hydroxylation is 1. The molecule has 3 aromatic carbocycles. The summed E-state index contributed by atoms with van der Waals surface area (Å²) in [5.41, 5.74) is 4.38. The quantitative estimate of drug-likeness (QED) is 0.113. The maximum absolute atomic E-state index is 13.0. The summed E-state index contributed by atoms with van der Waals surface area (Å²) in [4.78, 5) is 41.4. The van der Waals surface area contributed by atoms with E-state index in [0.29, 0.717) is 29.1 Å². The van der Waals surface area contributed by atoms with Gasteiger partial charge in [-0.2, -0.15) is 0 Å². The Kier molecular flexibility index (Phi) is 10.5. The Morgan fingerprint density at radius 1 is 1.02 bits per heavy atom. The summed E-state index contributed by atoms with van der Waals surface area (Å²) in [5, 5.41) is 5.84. The molecule has 1 saturated heterocycles. The first-order chi connectivity index (χ1) is 19.4. The van der Waals surface area contributed by atoms with E-state index in [1.807, 2.05) is 48.5 Å². The average molecular weight is 658 g/mol. The fraction of sp³-hybridized carbons (Fsp3) is 0.323. The summed E-state index contributed by atoms with van der Waals surface area (Å²) in [5.74, 6) is 0.238. The predicted molar refractivity (Wildman–Crippen MR) is 168 cm³/mol. The Morgan fingerprint density at radius 3 is 2.55 bits per heavy atom. The van der Waals surface area contributed by atoms with Gasteiger partial charge >= 0.3 is 176 Å². The van der Waals surface area contributed by atoms with Crippen LogP contribution in [0.1, 0.15) is 35.2 Å². The third-order valence-electron chi connectivity index (χ3n) is 6.76. The number of piperidine rings is 1. The number of carbonyl (C=O) groups is 3. The molecule has 1 fully saturated rings. The molecule has 2 amide bonds. The van der Waals surface area contributed by atoms with Crippen molar-refractivity contribution < 1.29 is 23.9 Å². The van der Waals surface area contributed by atoms with Gasteiger partial charge in [-0.3, -0.25) is 9.59 Å². The molecule has 1 aliphatic heterocycles. The van der Waals surface area contributed by atoms with Crippen LogP contribution in [-0.4, -0.2) is 57.6 Å². The van der Waals surface area contributed by atoms with E-state index >= 15 is 0 Å². The molecule has 9 heteroatoms. The van der Waals surface area contributed by atoms with Gasteiger partial charge in [0.25, 0.3) is 0 Å². The number of ether oxygens (including phenoxy) is 2. The number of nitrogens with zero attached hydrogens (tertiary/aromatic N) is 1. The van der Waals surface area contributed by atoms with E-state index in [-0.39, 0.29) is 18.4 Å². The van der Waals surface area contributed by atoms with Crippen molar-refractivity contribution in [3.8, 4) is 16.9 Å². The van der Waals surface area contributed by atoms with Gasteiger partial charge in [0, 0.05) is 5.56 Å². The predicted octanol–water partition coefficient (Wildman–Crippen LogP) is 6.44. The van der Waals surface area contributed by atoms with Crippen LogP contribution in [0, 0.1) is 0 Å². The Labute approximate surface area is 243 Å². The normalized spacial score (nSPS) is 15.6. The number of hydrogen-bond donors (Lipinski definition) is 2. The molecule has 0 spiro atoms. The molecule has 0 aromatic heterocycles. The van der Waals surface area contributed by atoms with Crippen LogP contribution < -0.4 is 15.4 Å². The van der Waals surface area contributed by atoms with Crippen LogP contribution in [0.25, 0.3) is 11.1 Å². The van der Waals surface area contributed by atoms with Crippen molar-refractivity contribution in [3.63, 3.8) is 0 Å². The SMILES string of the molecule is COc1cc(C=O)ccc1NC(=O)CCc1ccc(-c2ccccc2)c(NC(=O)OC2CCCN(I(C)C)C2)c1. The average Bonchev–Trinajstić information content (AvgIpc) is 2.97. The Bertz CT molecular complexity index is 1330. The van der Waals surface area contributed by atoms with Gasteiger partial charge in [0.05, 0.1) is 12.8 Å². The van der Waals surface area contributed by atoms with E-state index in [0.717, 1.165) is 48.9 Å². The minimum atomic E-state index is -1.11. The third-order valence-corrected chi connectivity index (χ3v) is 10.4. The van der Waals surface area contributed by atoms with Crippen molar-refractivity contribution in [3.05, 3.63) is 77.9 Å². The van der Waals surface area contributed by atoms with Crippen LogP contribution in [0.3, 0.4) is 0 Å². The van der Waals surface area contributed by atoms with E-state index in [9.17, 15) is 14.4 Å². The topological polar surface area (TPSA) is 97.0 Å². The summed E-state index contributed by atoms with van der Waals surface area (Å²) in [6.07, 6.45) is 2.76. The fourth-order valence-corrected chi connectivity index (χ4v) is 7.20. The second-order valence-corrected chi connectivity index (χ2v) is 15.2. The van der Waals surface area contributed by atoms with Crippen molar-refractivity contribution in [1.29, 1.82) is 0 Å². The number of halogens is 1. The first kappa shape index (κ1) is 29.5. The van der Waals surface area contributed by atoms with Crippen LogP contribution in [0.2, 0.25) is 0 Å². The Hall–Kier alpha value is -3.44. The molecule has 1 unspecified atom stereocenters. The second kappa shape index (κ2) is 14.3. The van der Waals surface area contributed by atoms with Gasteiger partial charge in [0.15, 0.2) is 0 Å². The molecule has 1 atom stereocenters. The van der Waals surface area contributed by atoms with Crippen molar-refractivity contribution in [2.45, 2.75) is 31.8 Å². The molecule has 1 aliphatic rings. The molecular weight excluding hydrogens is 621 g/mol. The summed E-state index contributed by atoms with van der Waals surface area (Å²) >= 11 is -1.11. The summed E-state index contributed by atoms with van der Waals surface area (Å²) in [6, 6.07) is 20.6. The minimum absolute atomic E-state index is 0.113. The Balaban J connectivity index is 1.45. The summed E-state index contributed by atoms with van der Waals surface area (Å²) in [6.45, 7) is 1.89. The molecule has 0 radical (unpaired) electrons. The summed E-state index contributed by atoms with van der Waals surface area (Å²) in [7, 11) is 1.49. The third kappa shape index (κ3) is 8.04. The van der Waals surface area contributed by atoms with Gasteiger partial charge in [0.1, 0.15) is 12.0 Å². The van der Waals surface area contributed by atoms with E-state index in [4.69, 9.17) is 9.47 Å². The fourth-order valence-electron chi connectivity index (χ4n) is 4.66. The number of rotatable bonds is 10. The van der Waals surface area contributed by atoms with Crippen LogP contribution in [-0.2, 0) is 16.0 Å². The first-order valence-corrected chi connectivity index (χ1v) is 18.5. The second-order valence-electron chi connectivity index (χ2n) is 9.75. The molecule has 3 aromatic rings. The van der Waals surface area contributed by atoms with Crippen LogP contribution in [0.15, 0.2) is 66.7 Å². The van der Waals surface area contributed by atoms with Gasteiger partial charge in [-0.1, -0.05) is 0 Å². The van der Waals surface area contributed by atoms with Crippen molar-refractivity contribution in [2.24, 2.45) is 0 Å². The molecule has 40 heavy (non-hydrogen) atoms. The number of benzene rings is 3. The molecule has 0 aliphatic carbocycles. The molecule has 212 valence electrons. The molecule has 0 bridgehead atoms. The number of nitrogens with one attached hydrogen (secondary N) is 2. The zero-order valence-electron chi connectivity index (χ0n) is 23.1. The van der Waals surface area contributed by atoms with E-state index in [1.54, 1.807) is 18.2 Å². The van der Waals surface area contributed by atoms with Gasteiger partial charge in [-0.25, -0.2) is 0 Å². The van der Waals surface area contributed by atoms with Gasteiger partial charge in [0.2, 0.25) is 0 Å². The maximum atomic E-state index is 13.0. The number of alkyl halides is 2. The molecule has 0 saturated carbocycles. The van der Waals surface area contributed by atoms with Gasteiger partial charge in [-0.15, -0.1) is 0 Å². The number of carbonyl (C=O) groups excluding carboxylic acids is 3. The zero-order chi connectivity index (χ0) is 28.5. The zero-order valence-corrected chi connectivity index (χ0v) is 25.3. The molecule has 2 N–H and O–H groups in total. The first-order valence-electron chi connectivity index (χ1n) is 13.2. The number of aldehydes is 1. The van der Waals surface area contributed by atoms with Crippen molar-refractivity contribution >= 4 is 49.8 Å². The Morgan fingerprint density at radius 2 is 1.82 bits per heavy atom. The molecule has 1 heterocycles. The number of methoxy groups -OCH3 is 1. The van der Waals surface area contributed by atoms with E-state index < -0.39 is 26.2 Å². The van der Waals surface area contributed by atoms with Crippen LogP contribution in [0.4, 0.5) is 16.2 Å². The molecule has 4 rings (SSSR count). The van der Waals surface area contributed by atoms with Crippen molar-refractivity contribution in [1.82, 2.24) is 3.11 Å². The standard InChI is InChI=1S/C31H36IN3O5/c1-32(2)35-17-7-10-25(20-35)40-31(38)34-28-18-22(11-14-26(28)24-8-5-4-6-9-24)13-16-30(37)33-27-15-12-23(21-36)19-29(27)39-3/h4-6,8-9,11-12,14-15,18-19,21,25H,7,10,13,16-17,20H2,1-3H3,(H,33,37)(H,34,38). The van der Waals surface area contributed by atoms with Gasteiger partial charge in [-0.05, 0) is 18.2 Å². The van der Waals surface area contributed by atoms with E-state index in [2.05, 4.69) is 23.6 Å². The van der Waals surface area contributed by atoms with E-state index in [1.165, 1.54) is 7.11 Å². The van der Waals surface area contributed by atoms with Gasteiger partial charge < -0.3 is 10.1 Å². The molecular formula is C31H36IN3O5. The number of anilines is 2. The molecule has 8 nitrogen and oxygen atoms in total. The monoisotopic (exact) mass is 657 g/mol. The van der Waals surface area contributed by atoms with Crippen LogP contribution >= 0.6 is 20.1 Å². The van der Waals surface area contributed by atoms with Crippen LogP contribution in [0.5, 0.6) is 5.75 Å². The number of hydrogen-bond acceptors (Lipinski definition) is 6.